The van der Waals surface area contributed by atoms with Crippen LogP contribution >= 0.6 is 0 Å². The third-order valence-electron chi connectivity index (χ3n) is 10.8. The van der Waals surface area contributed by atoms with Crippen LogP contribution in [0.1, 0.15) is 70.5 Å². The molecule has 5 rings (SSSR count). The highest BCUT2D eigenvalue weighted by Crippen LogP contribution is 2.29. The minimum absolute atomic E-state index is 0.0707. The number of carbonyl (C=O) groups excluding carboxylic acids is 4. The van der Waals surface area contributed by atoms with Gasteiger partial charge in [0.2, 0.25) is 11.8 Å². The molecule has 1 aliphatic heterocycles. The van der Waals surface area contributed by atoms with Crippen molar-refractivity contribution < 1.29 is 29.0 Å². The molecule has 1 fully saturated rings. The Morgan fingerprint density at radius 2 is 1.42 bits per heavy atom. The lowest BCUT2D eigenvalue weighted by Gasteiger charge is -2.38. The van der Waals surface area contributed by atoms with Gasteiger partial charge in [-0.3, -0.25) is 19.6 Å². The van der Waals surface area contributed by atoms with Crippen LogP contribution in [0.15, 0.2) is 97.3 Å². The Kier molecular flexibility index (Phi) is 15.1. The molecule has 1 saturated heterocycles. The van der Waals surface area contributed by atoms with Gasteiger partial charge in [0, 0.05) is 37.2 Å². The van der Waals surface area contributed by atoms with Crippen molar-refractivity contribution >= 4 is 23.9 Å². The van der Waals surface area contributed by atoms with Crippen molar-refractivity contribution in [3.8, 4) is 11.1 Å². The van der Waals surface area contributed by atoms with Crippen LogP contribution in [0.3, 0.4) is 0 Å². The minimum atomic E-state index is -1.15. The molecule has 13 heteroatoms. The molecule has 0 radical (unpaired) electrons. The number of pyridine rings is 2. The molecule has 4 aromatic rings. The summed E-state index contributed by atoms with van der Waals surface area (Å²) in [4.78, 5) is 67.0. The number of hydrogen-bond donors (Lipinski definition) is 4. The van der Waals surface area contributed by atoms with Crippen LogP contribution in [0.4, 0.5) is 9.59 Å². The molecule has 320 valence electrons. The first-order chi connectivity index (χ1) is 28.4. The monoisotopic (exact) mass is 819 g/mol. The van der Waals surface area contributed by atoms with Crippen LogP contribution in [0.5, 0.6) is 0 Å². The molecule has 13 nitrogen and oxygen atoms in total. The van der Waals surface area contributed by atoms with E-state index in [0.717, 1.165) is 33.6 Å². The SMILES string of the molecule is COC(=O)NC(C(=O)NC(Cc1ccc(-c2ccncc2)cc1)C(O)CC(Cc1ccccc1)NC(=O)C(N1CCN(Cc2cccc(C)n2)C1=O)C(C)(C)C)C(C)(C)C. The molecule has 5 amide bonds. The smallest absolute Gasteiger partial charge is 0.407 e. The number of aromatic nitrogens is 2. The second kappa shape index (κ2) is 20.0. The first kappa shape index (κ1) is 45.3. The van der Waals surface area contributed by atoms with Crippen molar-refractivity contribution in [3.05, 3.63) is 120 Å². The number of amides is 5. The number of alkyl carbamates (subject to hydrolysis) is 1. The number of aryl methyl sites for hydroxylation is 1. The van der Waals surface area contributed by atoms with Crippen molar-refractivity contribution in [2.75, 3.05) is 20.2 Å². The van der Waals surface area contributed by atoms with Gasteiger partial charge in [-0.25, -0.2) is 9.59 Å². The van der Waals surface area contributed by atoms with E-state index in [1.165, 1.54) is 7.11 Å². The second-order valence-corrected chi connectivity index (χ2v) is 17.8. The summed E-state index contributed by atoms with van der Waals surface area (Å²) >= 11 is 0. The van der Waals surface area contributed by atoms with Crippen LogP contribution in [0.25, 0.3) is 11.1 Å². The topological polar surface area (TPSA) is 166 Å². The lowest BCUT2D eigenvalue weighted by Crippen LogP contribution is -2.59. The lowest BCUT2D eigenvalue weighted by molar-refractivity contribution is -0.130. The summed E-state index contributed by atoms with van der Waals surface area (Å²) in [7, 11) is 1.24. The van der Waals surface area contributed by atoms with Gasteiger partial charge < -0.3 is 35.6 Å². The summed E-state index contributed by atoms with van der Waals surface area (Å²) in [5.41, 5.74) is 4.10. The van der Waals surface area contributed by atoms with E-state index in [2.05, 4.69) is 25.9 Å². The van der Waals surface area contributed by atoms with E-state index in [0.29, 0.717) is 26.1 Å². The first-order valence-electron chi connectivity index (χ1n) is 20.6. The molecule has 0 spiro atoms. The average molecular weight is 820 g/mol. The molecular formula is C47H61N7O6. The standard InChI is InChI=1S/C47H61N7O6/c1-31-13-12-16-36(49-31)30-53-25-26-54(45(53)59)41(47(5,6)7)43(57)50-37(27-32-14-10-9-11-15-32)29-39(55)38(51-42(56)40(46(2,3)4)52-44(58)60-8)28-33-17-19-34(20-18-33)35-21-23-48-24-22-35/h9-24,37-41,55H,25-30H2,1-8H3,(H,50,57)(H,51,56)(H,52,58). The maximum atomic E-state index is 14.6. The lowest BCUT2D eigenvalue weighted by atomic mass is 9.84. The number of methoxy groups -OCH3 is 1. The van der Waals surface area contributed by atoms with Crippen LogP contribution in [0.2, 0.25) is 0 Å². The number of hydrogen-bond acceptors (Lipinski definition) is 8. The predicted molar refractivity (Wildman–Crippen MR) is 232 cm³/mol. The van der Waals surface area contributed by atoms with Gasteiger partial charge >= 0.3 is 12.1 Å². The Morgan fingerprint density at radius 3 is 2.03 bits per heavy atom. The molecule has 5 atom stereocenters. The van der Waals surface area contributed by atoms with Gasteiger partial charge in [-0.1, -0.05) is 102 Å². The van der Waals surface area contributed by atoms with Gasteiger partial charge in [0.25, 0.3) is 0 Å². The molecule has 5 unspecified atom stereocenters. The van der Waals surface area contributed by atoms with Crippen molar-refractivity contribution in [3.63, 3.8) is 0 Å². The normalized spacial score (nSPS) is 15.7. The van der Waals surface area contributed by atoms with Gasteiger partial charge in [0.05, 0.1) is 31.5 Å². The van der Waals surface area contributed by atoms with E-state index in [-0.39, 0.29) is 24.8 Å². The summed E-state index contributed by atoms with van der Waals surface area (Å²) in [6.07, 6.45) is 2.27. The minimum Gasteiger partial charge on any atom is -0.453 e. The van der Waals surface area contributed by atoms with Crippen molar-refractivity contribution in [2.24, 2.45) is 10.8 Å². The maximum absolute atomic E-state index is 14.6. The number of aliphatic hydroxyl groups excluding tert-OH is 1. The third kappa shape index (κ3) is 12.4. The number of urea groups is 1. The van der Waals surface area contributed by atoms with E-state index < -0.39 is 53.1 Å². The second-order valence-electron chi connectivity index (χ2n) is 17.8. The van der Waals surface area contributed by atoms with Crippen molar-refractivity contribution in [2.45, 2.75) is 105 Å². The molecule has 3 heterocycles. The van der Waals surface area contributed by atoms with E-state index in [1.54, 1.807) is 22.2 Å². The molecule has 0 saturated carbocycles. The summed E-state index contributed by atoms with van der Waals surface area (Å²) in [6, 6.07) is 23.7. The fourth-order valence-corrected chi connectivity index (χ4v) is 7.73. The van der Waals surface area contributed by atoms with Crippen LogP contribution < -0.4 is 16.0 Å². The molecule has 0 bridgehead atoms. The largest absolute Gasteiger partial charge is 0.453 e. The quantitative estimate of drug-likeness (QED) is 0.106. The van der Waals surface area contributed by atoms with Gasteiger partial charge in [0.1, 0.15) is 12.1 Å². The van der Waals surface area contributed by atoms with Gasteiger partial charge in [-0.2, -0.15) is 0 Å². The van der Waals surface area contributed by atoms with Crippen molar-refractivity contribution in [1.29, 1.82) is 0 Å². The zero-order valence-corrected chi connectivity index (χ0v) is 36.1. The zero-order chi connectivity index (χ0) is 43.6. The Morgan fingerprint density at radius 1 is 0.767 bits per heavy atom. The summed E-state index contributed by atoms with van der Waals surface area (Å²) in [6.45, 7) is 14.4. The van der Waals surface area contributed by atoms with Crippen LogP contribution in [-0.4, -0.2) is 99.3 Å². The zero-order valence-electron chi connectivity index (χ0n) is 36.1. The Labute approximate surface area is 354 Å². The fraction of sp³-hybridized carbons (Fsp3) is 0.447. The highest BCUT2D eigenvalue weighted by atomic mass is 16.5. The predicted octanol–water partition coefficient (Wildman–Crippen LogP) is 6.08. The van der Waals surface area contributed by atoms with Gasteiger partial charge in [-0.15, -0.1) is 0 Å². The summed E-state index contributed by atoms with van der Waals surface area (Å²) < 4.78 is 4.84. The van der Waals surface area contributed by atoms with E-state index in [4.69, 9.17) is 4.74 Å². The van der Waals surface area contributed by atoms with Gasteiger partial charge in [0.15, 0.2) is 0 Å². The summed E-state index contributed by atoms with van der Waals surface area (Å²) in [5, 5.41) is 21.2. The van der Waals surface area contributed by atoms with Crippen LogP contribution in [0, 0.1) is 17.8 Å². The van der Waals surface area contributed by atoms with Gasteiger partial charge in [-0.05, 0) is 83.5 Å². The number of benzene rings is 2. The number of nitrogens with one attached hydrogen (secondary N) is 3. The molecule has 1 aliphatic rings. The average Bonchev–Trinajstić information content (AvgIpc) is 3.54. The number of rotatable bonds is 16. The van der Waals surface area contributed by atoms with Crippen molar-refractivity contribution in [1.82, 2.24) is 35.7 Å². The third-order valence-corrected chi connectivity index (χ3v) is 10.8. The highest BCUT2D eigenvalue weighted by molar-refractivity contribution is 5.89. The molecule has 2 aromatic carbocycles. The Hall–Kier alpha value is -5.82. The number of ether oxygens (including phenoxy) is 1. The number of nitrogens with zero attached hydrogens (tertiary/aromatic N) is 4. The van der Waals surface area contributed by atoms with Crippen LogP contribution in [-0.2, 0) is 33.7 Å². The molecule has 60 heavy (non-hydrogen) atoms. The number of carbonyl (C=O) groups is 4. The highest BCUT2D eigenvalue weighted by Gasteiger charge is 2.44. The maximum Gasteiger partial charge on any atom is 0.407 e. The Balaban J connectivity index is 1.42. The first-order valence-corrected chi connectivity index (χ1v) is 20.6. The number of aliphatic hydroxyl groups is 1. The molecule has 4 N–H and O–H groups in total. The van der Waals surface area contributed by atoms with E-state index in [1.807, 2.05) is 133 Å². The fourth-order valence-electron chi connectivity index (χ4n) is 7.73. The molecule has 0 aliphatic carbocycles. The van der Waals surface area contributed by atoms with E-state index >= 15 is 0 Å². The summed E-state index contributed by atoms with van der Waals surface area (Å²) in [5.74, 6) is -0.818. The Bertz CT molecular complexity index is 2050. The molecular weight excluding hydrogens is 759 g/mol. The molecule has 2 aromatic heterocycles. The van der Waals surface area contributed by atoms with E-state index in [9.17, 15) is 24.3 Å².